The minimum absolute atomic E-state index is 0.110. The third kappa shape index (κ3) is 3.57. The van der Waals surface area contributed by atoms with Crippen molar-refractivity contribution in [2.24, 2.45) is 0 Å². The number of halogens is 2. The van der Waals surface area contributed by atoms with Crippen LogP contribution in [0, 0.1) is 3.57 Å². The molecule has 2 nitrogen and oxygen atoms in total. The zero-order chi connectivity index (χ0) is 13.8. The summed E-state index contributed by atoms with van der Waals surface area (Å²) in [6, 6.07) is 13.3. The second kappa shape index (κ2) is 6.52. The van der Waals surface area contributed by atoms with Crippen molar-refractivity contribution in [3.05, 3.63) is 61.6 Å². The highest BCUT2D eigenvalue weighted by Gasteiger charge is 2.12. The van der Waals surface area contributed by atoms with Crippen LogP contribution in [-0.4, -0.2) is 12.9 Å². The van der Waals surface area contributed by atoms with Crippen LogP contribution in [0.15, 0.2) is 46.9 Å². The van der Waals surface area contributed by atoms with Gasteiger partial charge in [-0.05, 0) is 52.4 Å². The molecule has 98 valence electrons. The van der Waals surface area contributed by atoms with Crippen LogP contribution in [0.5, 0.6) is 5.75 Å². The smallest absolute Gasteiger partial charge is 0.168 e. The maximum atomic E-state index is 12.3. The van der Waals surface area contributed by atoms with Crippen LogP contribution in [0.3, 0.4) is 0 Å². The lowest BCUT2D eigenvalue weighted by Crippen LogP contribution is -2.06. The number of rotatable bonds is 4. The molecule has 4 heteroatoms. The summed E-state index contributed by atoms with van der Waals surface area (Å²) < 4.78 is 7.09. The van der Waals surface area contributed by atoms with Crippen molar-refractivity contribution >= 4 is 44.3 Å². The van der Waals surface area contributed by atoms with Crippen LogP contribution >= 0.6 is 38.5 Å². The molecule has 0 aliphatic heterocycles. The van der Waals surface area contributed by atoms with Crippen molar-refractivity contribution in [1.82, 2.24) is 0 Å². The molecule has 19 heavy (non-hydrogen) atoms. The Hall–Kier alpha value is -0.880. The Morgan fingerprint density at radius 1 is 1.26 bits per heavy atom. The molecule has 0 saturated carbocycles. The molecule has 0 fully saturated rings. The molecule has 0 spiro atoms. The molecule has 0 aromatic heterocycles. The van der Waals surface area contributed by atoms with Crippen molar-refractivity contribution in [1.29, 1.82) is 0 Å². The Balaban J connectivity index is 2.26. The third-order valence-corrected chi connectivity index (χ3v) is 4.49. The summed E-state index contributed by atoms with van der Waals surface area (Å²) in [7, 11) is 1.62. The topological polar surface area (TPSA) is 26.3 Å². The number of benzene rings is 2. The molecule has 2 rings (SSSR count). The third-order valence-electron chi connectivity index (χ3n) is 2.78. The van der Waals surface area contributed by atoms with E-state index in [0.29, 0.717) is 6.42 Å². The van der Waals surface area contributed by atoms with Gasteiger partial charge in [0.15, 0.2) is 5.78 Å². The van der Waals surface area contributed by atoms with Gasteiger partial charge in [-0.2, -0.15) is 0 Å². The quantitative estimate of drug-likeness (QED) is 0.527. The van der Waals surface area contributed by atoms with E-state index < -0.39 is 0 Å². The van der Waals surface area contributed by atoms with E-state index in [-0.39, 0.29) is 5.78 Å². The highest BCUT2D eigenvalue weighted by Crippen LogP contribution is 2.24. The molecule has 0 aliphatic rings. The molecular formula is C15H12BrIO2. The normalized spacial score (nSPS) is 10.3. The van der Waals surface area contributed by atoms with Gasteiger partial charge >= 0.3 is 0 Å². The largest absolute Gasteiger partial charge is 0.497 e. The highest BCUT2D eigenvalue weighted by molar-refractivity contribution is 14.1. The fourth-order valence-electron chi connectivity index (χ4n) is 1.77. The molecule has 2 aromatic carbocycles. The zero-order valence-electron chi connectivity index (χ0n) is 10.3. The van der Waals surface area contributed by atoms with Gasteiger partial charge < -0.3 is 4.74 Å². The van der Waals surface area contributed by atoms with Crippen LogP contribution in [0.2, 0.25) is 0 Å². The standard InChI is InChI=1S/C15H12BrIO2/c1-19-11-6-7-13(16)10(8-11)9-15(18)12-4-2-3-5-14(12)17/h2-8H,9H2,1H3. The minimum Gasteiger partial charge on any atom is -0.497 e. The van der Waals surface area contributed by atoms with Crippen molar-refractivity contribution < 1.29 is 9.53 Å². The molecule has 0 saturated heterocycles. The second-order valence-corrected chi connectivity index (χ2v) is 6.05. The Kier molecular flexibility index (Phi) is 4.99. The van der Waals surface area contributed by atoms with Crippen LogP contribution in [0.25, 0.3) is 0 Å². The molecule has 0 bridgehead atoms. The van der Waals surface area contributed by atoms with E-state index in [1.165, 1.54) is 0 Å². The lowest BCUT2D eigenvalue weighted by atomic mass is 10.0. The molecule has 0 aliphatic carbocycles. The summed E-state index contributed by atoms with van der Waals surface area (Å²) >= 11 is 5.65. The van der Waals surface area contributed by atoms with E-state index in [9.17, 15) is 4.79 Å². The molecule has 0 heterocycles. The van der Waals surface area contributed by atoms with Crippen LogP contribution in [-0.2, 0) is 6.42 Å². The monoisotopic (exact) mass is 430 g/mol. The van der Waals surface area contributed by atoms with Crippen molar-refractivity contribution in [3.8, 4) is 5.75 Å². The molecule has 0 radical (unpaired) electrons. The first-order valence-electron chi connectivity index (χ1n) is 5.72. The number of Topliss-reactive ketones (excluding diaryl/α,β-unsaturated/α-hetero) is 1. The Bertz CT molecular complexity index is 611. The van der Waals surface area contributed by atoms with Crippen molar-refractivity contribution in [2.45, 2.75) is 6.42 Å². The summed E-state index contributed by atoms with van der Waals surface area (Å²) in [4.78, 5) is 12.3. The van der Waals surface area contributed by atoms with Crippen molar-refractivity contribution in [2.75, 3.05) is 7.11 Å². The maximum absolute atomic E-state index is 12.3. The summed E-state index contributed by atoms with van der Waals surface area (Å²) in [6.07, 6.45) is 0.359. The van der Waals surface area contributed by atoms with E-state index >= 15 is 0 Å². The number of hydrogen-bond acceptors (Lipinski definition) is 2. The fourth-order valence-corrected chi connectivity index (χ4v) is 2.84. The lowest BCUT2D eigenvalue weighted by molar-refractivity contribution is 0.0992. The van der Waals surface area contributed by atoms with Gasteiger partial charge in [0.2, 0.25) is 0 Å². The number of ketones is 1. The van der Waals surface area contributed by atoms with Gasteiger partial charge in [0.1, 0.15) is 5.75 Å². The number of ether oxygens (including phenoxy) is 1. The van der Waals surface area contributed by atoms with Crippen LogP contribution in [0.4, 0.5) is 0 Å². The van der Waals surface area contributed by atoms with Gasteiger partial charge in [-0.15, -0.1) is 0 Å². The summed E-state index contributed by atoms with van der Waals surface area (Å²) in [5.74, 6) is 0.868. The Labute approximate surface area is 134 Å². The predicted octanol–water partition coefficient (Wildman–Crippen LogP) is 4.49. The summed E-state index contributed by atoms with van der Waals surface area (Å²) in [5, 5.41) is 0. The first kappa shape index (κ1) is 14.5. The van der Waals surface area contributed by atoms with E-state index in [2.05, 4.69) is 38.5 Å². The molecule has 0 atom stereocenters. The number of carbonyl (C=O) groups excluding carboxylic acids is 1. The highest BCUT2D eigenvalue weighted by atomic mass is 127. The molecule has 0 N–H and O–H groups in total. The molecular weight excluding hydrogens is 419 g/mol. The first-order valence-corrected chi connectivity index (χ1v) is 7.59. The van der Waals surface area contributed by atoms with Gasteiger partial charge in [0.05, 0.1) is 7.11 Å². The van der Waals surface area contributed by atoms with E-state index in [1.54, 1.807) is 7.11 Å². The molecule has 0 unspecified atom stereocenters. The number of carbonyl (C=O) groups is 1. The first-order chi connectivity index (χ1) is 9.11. The predicted molar refractivity (Wildman–Crippen MR) is 87.9 cm³/mol. The van der Waals surface area contributed by atoms with Gasteiger partial charge in [-0.1, -0.05) is 34.1 Å². The molecule has 2 aromatic rings. The van der Waals surface area contributed by atoms with Crippen LogP contribution < -0.4 is 4.74 Å². The molecule has 0 amide bonds. The minimum atomic E-state index is 0.110. The van der Waals surface area contributed by atoms with Crippen molar-refractivity contribution in [3.63, 3.8) is 0 Å². The van der Waals surface area contributed by atoms with Crippen LogP contribution in [0.1, 0.15) is 15.9 Å². The van der Waals surface area contributed by atoms with Gasteiger partial charge in [-0.25, -0.2) is 0 Å². The fraction of sp³-hybridized carbons (Fsp3) is 0.133. The van der Waals surface area contributed by atoms with Gasteiger partial charge in [0, 0.05) is 20.0 Å². The second-order valence-electron chi connectivity index (χ2n) is 4.04. The number of hydrogen-bond donors (Lipinski definition) is 0. The summed E-state index contributed by atoms with van der Waals surface area (Å²) in [6.45, 7) is 0. The average molecular weight is 431 g/mol. The average Bonchev–Trinajstić information content (AvgIpc) is 2.41. The summed E-state index contributed by atoms with van der Waals surface area (Å²) in [5.41, 5.74) is 1.70. The zero-order valence-corrected chi connectivity index (χ0v) is 14.1. The van der Waals surface area contributed by atoms with Gasteiger partial charge in [-0.3, -0.25) is 4.79 Å². The Morgan fingerprint density at radius 2 is 2.00 bits per heavy atom. The maximum Gasteiger partial charge on any atom is 0.168 e. The van der Waals surface area contributed by atoms with E-state index in [4.69, 9.17) is 4.74 Å². The van der Waals surface area contributed by atoms with Gasteiger partial charge in [0.25, 0.3) is 0 Å². The Morgan fingerprint density at radius 3 is 2.68 bits per heavy atom. The number of methoxy groups -OCH3 is 1. The van der Waals surface area contributed by atoms with E-state index in [0.717, 1.165) is 24.9 Å². The SMILES string of the molecule is COc1ccc(Br)c(CC(=O)c2ccccc2I)c1. The lowest BCUT2D eigenvalue weighted by Gasteiger charge is -2.08. The van der Waals surface area contributed by atoms with E-state index in [1.807, 2.05) is 42.5 Å².